The molecule has 0 spiro atoms. The van der Waals surface area contributed by atoms with Crippen LogP contribution in [0, 0.1) is 17.0 Å². The van der Waals surface area contributed by atoms with Gasteiger partial charge in [-0.3, -0.25) is 0 Å². The van der Waals surface area contributed by atoms with Crippen molar-refractivity contribution in [3.05, 3.63) is 23.8 Å². The molecular formula is C13H17F2NO2. The molecule has 100 valence electrons. The molecule has 0 aromatic heterocycles. The zero-order valence-electron chi connectivity index (χ0n) is 10.5. The van der Waals surface area contributed by atoms with Gasteiger partial charge in [-0.25, -0.2) is 8.78 Å². The Morgan fingerprint density at radius 1 is 1.33 bits per heavy atom. The van der Waals surface area contributed by atoms with Gasteiger partial charge in [0.15, 0.2) is 11.6 Å². The minimum absolute atomic E-state index is 0.0809. The summed E-state index contributed by atoms with van der Waals surface area (Å²) in [5, 5.41) is 9.24. The Bertz CT molecular complexity index is 447. The van der Waals surface area contributed by atoms with Gasteiger partial charge < -0.3 is 14.7 Å². The first-order valence-electron chi connectivity index (χ1n) is 5.86. The maximum Gasteiger partial charge on any atom is 0.167 e. The number of anilines is 1. The predicted octanol–water partition coefficient (Wildman–Crippen LogP) is 2.18. The summed E-state index contributed by atoms with van der Waals surface area (Å²) in [6.45, 7) is 0.601. The van der Waals surface area contributed by atoms with Crippen LogP contribution in [0.4, 0.5) is 14.5 Å². The Hall–Kier alpha value is -1.36. The molecule has 0 bridgehead atoms. The number of halogens is 2. The van der Waals surface area contributed by atoms with E-state index in [0.717, 1.165) is 25.0 Å². The number of aliphatic hydroxyl groups is 1. The third kappa shape index (κ3) is 2.41. The smallest absolute Gasteiger partial charge is 0.167 e. The Morgan fingerprint density at radius 3 is 2.50 bits per heavy atom. The average molecular weight is 257 g/mol. The van der Waals surface area contributed by atoms with Crippen molar-refractivity contribution in [1.29, 1.82) is 0 Å². The molecule has 0 aliphatic heterocycles. The molecule has 18 heavy (non-hydrogen) atoms. The molecule has 2 rings (SSSR count). The number of nitrogens with zero attached hydrogens (tertiary/aromatic N) is 1. The van der Waals surface area contributed by atoms with Crippen molar-refractivity contribution in [2.75, 3.05) is 32.2 Å². The van der Waals surface area contributed by atoms with Gasteiger partial charge in [-0.2, -0.15) is 0 Å². The minimum Gasteiger partial charge on any atom is -0.494 e. The lowest BCUT2D eigenvalue weighted by atomic mass is 10.1. The van der Waals surface area contributed by atoms with Crippen molar-refractivity contribution in [2.45, 2.75) is 12.8 Å². The number of ether oxygens (including phenoxy) is 1. The van der Waals surface area contributed by atoms with Crippen LogP contribution in [-0.2, 0) is 0 Å². The van der Waals surface area contributed by atoms with Crippen LogP contribution in [0.15, 0.2) is 12.1 Å². The number of methoxy groups -OCH3 is 1. The summed E-state index contributed by atoms with van der Waals surface area (Å²) >= 11 is 0. The van der Waals surface area contributed by atoms with Crippen molar-refractivity contribution in [1.82, 2.24) is 0 Å². The first-order chi connectivity index (χ1) is 8.51. The highest BCUT2D eigenvalue weighted by Crippen LogP contribution is 2.46. The summed E-state index contributed by atoms with van der Waals surface area (Å²) in [4.78, 5) is 1.64. The number of benzene rings is 1. The number of rotatable bonds is 5. The van der Waals surface area contributed by atoms with E-state index in [9.17, 15) is 13.9 Å². The van der Waals surface area contributed by atoms with Crippen molar-refractivity contribution in [3.8, 4) is 5.75 Å². The van der Waals surface area contributed by atoms with Crippen molar-refractivity contribution >= 4 is 5.69 Å². The molecule has 0 radical (unpaired) electrons. The van der Waals surface area contributed by atoms with Gasteiger partial charge in [0.2, 0.25) is 0 Å². The summed E-state index contributed by atoms with van der Waals surface area (Å²) in [6, 6.07) is 2.17. The van der Waals surface area contributed by atoms with E-state index < -0.39 is 11.6 Å². The van der Waals surface area contributed by atoms with Gasteiger partial charge in [0.05, 0.1) is 19.4 Å². The van der Waals surface area contributed by atoms with Crippen molar-refractivity contribution in [3.63, 3.8) is 0 Å². The molecule has 0 unspecified atom stereocenters. The topological polar surface area (TPSA) is 32.7 Å². The summed E-state index contributed by atoms with van der Waals surface area (Å²) in [6.07, 6.45) is 1.85. The molecule has 3 nitrogen and oxygen atoms in total. The van der Waals surface area contributed by atoms with Crippen LogP contribution in [0.2, 0.25) is 0 Å². The van der Waals surface area contributed by atoms with Crippen LogP contribution in [0.5, 0.6) is 5.75 Å². The number of aliphatic hydroxyl groups excluding tert-OH is 1. The van der Waals surface area contributed by atoms with Gasteiger partial charge in [-0.1, -0.05) is 0 Å². The fourth-order valence-electron chi connectivity index (χ4n) is 2.10. The van der Waals surface area contributed by atoms with E-state index >= 15 is 0 Å². The molecule has 0 saturated heterocycles. The van der Waals surface area contributed by atoms with Gasteiger partial charge in [-0.05, 0) is 12.8 Å². The van der Waals surface area contributed by atoms with E-state index in [0.29, 0.717) is 6.54 Å². The second kappa shape index (κ2) is 4.72. The zero-order chi connectivity index (χ0) is 13.3. The summed E-state index contributed by atoms with van der Waals surface area (Å²) < 4.78 is 32.1. The zero-order valence-corrected chi connectivity index (χ0v) is 10.5. The normalized spacial score (nSPS) is 16.5. The quantitative estimate of drug-likeness (QED) is 0.877. The highest BCUT2D eigenvalue weighted by Gasteiger charge is 2.43. The fraction of sp³-hybridized carbons (Fsp3) is 0.538. The Balaban J connectivity index is 2.20. The molecule has 1 aliphatic rings. The van der Waals surface area contributed by atoms with Gasteiger partial charge >= 0.3 is 0 Å². The second-order valence-corrected chi connectivity index (χ2v) is 4.95. The standard InChI is InChI=1S/C13H17F2NO2/c1-16(7-13(8-17)3-4-13)11-5-10(15)12(18-2)6-9(11)14/h5-6,17H,3-4,7-8H2,1-2H3. The van der Waals surface area contributed by atoms with Crippen LogP contribution >= 0.6 is 0 Å². The molecule has 0 atom stereocenters. The van der Waals surface area contributed by atoms with Crippen molar-refractivity contribution in [2.24, 2.45) is 5.41 Å². The molecule has 1 fully saturated rings. The molecule has 1 N–H and O–H groups in total. The molecule has 5 heteroatoms. The lowest BCUT2D eigenvalue weighted by Gasteiger charge is -2.25. The predicted molar refractivity (Wildman–Crippen MR) is 64.9 cm³/mol. The summed E-state index contributed by atoms with van der Waals surface area (Å²) in [5.74, 6) is -1.22. The molecule has 1 saturated carbocycles. The van der Waals surface area contributed by atoms with Crippen LogP contribution < -0.4 is 9.64 Å². The van der Waals surface area contributed by atoms with Crippen molar-refractivity contribution < 1.29 is 18.6 Å². The van der Waals surface area contributed by atoms with E-state index in [1.807, 2.05) is 0 Å². The maximum absolute atomic E-state index is 13.8. The van der Waals surface area contributed by atoms with E-state index in [4.69, 9.17) is 4.74 Å². The van der Waals surface area contributed by atoms with Crippen LogP contribution in [0.1, 0.15) is 12.8 Å². The third-order valence-corrected chi connectivity index (χ3v) is 3.50. The van der Waals surface area contributed by atoms with Crippen LogP contribution in [0.25, 0.3) is 0 Å². The largest absolute Gasteiger partial charge is 0.494 e. The molecule has 0 amide bonds. The molecule has 1 aliphatic carbocycles. The highest BCUT2D eigenvalue weighted by molar-refractivity contribution is 5.51. The second-order valence-electron chi connectivity index (χ2n) is 4.95. The first kappa shape index (κ1) is 13.1. The lowest BCUT2D eigenvalue weighted by Crippen LogP contribution is -2.29. The molecule has 0 heterocycles. The Morgan fingerprint density at radius 2 is 2.00 bits per heavy atom. The Kier molecular flexibility index (Phi) is 3.43. The van der Waals surface area contributed by atoms with Crippen LogP contribution in [-0.4, -0.2) is 32.4 Å². The first-order valence-corrected chi connectivity index (χ1v) is 5.86. The SMILES string of the molecule is COc1cc(F)c(N(C)CC2(CO)CC2)cc1F. The van der Waals surface area contributed by atoms with Gasteiger partial charge in [0, 0.05) is 31.1 Å². The van der Waals surface area contributed by atoms with E-state index in [-0.39, 0.29) is 23.5 Å². The highest BCUT2D eigenvalue weighted by atomic mass is 19.1. The minimum atomic E-state index is -0.588. The maximum atomic E-state index is 13.8. The molecule has 1 aromatic carbocycles. The van der Waals surface area contributed by atoms with Gasteiger partial charge in [0.25, 0.3) is 0 Å². The Labute approximate surface area is 105 Å². The van der Waals surface area contributed by atoms with E-state index in [1.165, 1.54) is 7.11 Å². The monoisotopic (exact) mass is 257 g/mol. The lowest BCUT2D eigenvalue weighted by molar-refractivity contribution is 0.215. The van der Waals surface area contributed by atoms with E-state index in [2.05, 4.69) is 0 Å². The summed E-state index contributed by atoms with van der Waals surface area (Å²) in [5.41, 5.74) is 0.0467. The third-order valence-electron chi connectivity index (χ3n) is 3.50. The van der Waals surface area contributed by atoms with Gasteiger partial charge in [-0.15, -0.1) is 0 Å². The van der Waals surface area contributed by atoms with Gasteiger partial charge in [0.1, 0.15) is 5.82 Å². The molecule has 1 aromatic rings. The average Bonchev–Trinajstić information content (AvgIpc) is 3.11. The van der Waals surface area contributed by atoms with Crippen LogP contribution in [0.3, 0.4) is 0 Å². The fourth-order valence-corrected chi connectivity index (χ4v) is 2.10. The number of hydrogen-bond donors (Lipinski definition) is 1. The number of hydrogen-bond acceptors (Lipinski definition) is 3. The molecular weight excluding hydrogens is 240 g/mol. The van der Waals surface area contributed by atoms with E-state index in [1.54, 1.807) is 11.9 Å². The summed E-state index contributed by atoms with van der Waals surface area (Å²) in [7, 11) is 2.99.